The molecule has 0 saturated carbocycles. The van der Waals surface area contributed by atoms with Crippen LogP contribution >= 0.6 is 0 Å². The Labute approximate surface area is 168 Å². The van der Waals surface area contributed by atoms with Gasteiger partial charge >= 0.3 is 0 Å². The summed E-state index contributed by atoms with van der Waals surface area (Å²) in [4.78, 5) is 23.3. The molecule has 0 aliphatic rings. The molecule has 0 unspecified atom stereocenters. The van der Waals surface area contributed by atoms with Crippen LogP contribution in [0.2, 0.25) is 0 Å². The van der Waals surface area contributed by atoms with Crippen LogP contribution in [0, 0.1) is 18.6 Å². The quantitative estimate of drug-likeness (QED) is 0.647. The number of carbonyl (C=O) groups is 1. The van der Waals surface area contributed by atoms with Gasteiger partial charge in [0.1, 0.15) is 17.3 Å². The third-order valence-corrected chi connectivity index (χ3v) is 4.33. The first-order valence-electron chi connectivity index (χ1n) is 9.26. The fourth-order valence-electron chi connectivity index (χ4n) is 2.86. The van der Waals surface area contributed by atoms with Gasteiger partial charge in [0.15, 0.2) is 0 Å². The van der Waals surface area contributed by atoms with Crippen LogP contribution in [0.15, 0.2) is 54.6 Å². The van der Waals surface area contributed by atoms with Crippen molar-refractivity contribution >= 4 is 17.5 Å². The van der Waals surface area contributed by atoms with Gasteiger partial charge in [-0.25, -0.2) is 18.7 Å². The summed E-state index contributed by atoms with van der Waals surface area (Å²) in [7, 11) is 0. The summed E-state index contributed by atoms with van der Waals surface area (Å²) in [6.07, 6.45) is 0. The van der Waals surface area contributed by atoms with E-state index in [0.717, 1.165) is 17.7 Å². The minimum absolute atomic E-state index is 0.0281. The average molecular weight is 396 g/mol. The van der Waals surface area contributed by atoms with Crippen LogP contribution in [0.5, 0.6) is 0 Å². The molecule has 29 heavy (non-hydrogen) atoms. The molecule has 150 valence electrons. The van der Waals surface area contributed by atoms with E-state index < -0.39 is 11.6 Å². The van der Waals surface area contributed by atoms with Gasteiger partial charge in [0.05, 0.1) is 5.69 Å². The van der Waals surface area contributed by atoms with Gasteiger partial charge in [-0.3, -0.25) is 4.79 Å². The topological polar surface area (TPSA) is 58.1 Å². The van der Waals surface area contributed by atoms with E-state index in [1.165, 1.54) is 6.07 Å². The second kappa shape index (κ2) is 8.77. The summed E-state index contributed by atoms with van der Waals surface area (Å²) >= 11 is 0. The Morgan fingerprint density at radius 2 is 1.79 bits per heavy atom. The molecule has 0 fully saturated rings. The molecule has 0 atom stereocenters. The number of halogens is 2. The fourth-order valence-corrected chi connectivity index (χ4v) is 2.86. The zero-order valence-electron chi connectivity index (χ0n) is 16.5. The molecular weight excluding hydrogens is 374 g/mol. The van der Waals surface area contributed by atoms with Gasteiger partial charge in [-0.2, -0.15) is 0 Å². The molecule has 2 aromatic carbocycles. The number of anilines is 2. The van der Waals surface area contributed by atoms with E-state index in [0.29, 0.717) is 12.2 Å². The summed E-state index contributed by atoms with van der Waals surface area (Å²) < 4.78 is 27.1. The van der Waals surface area contributed by atoms with Crippen molar-refractivity contribution in [2.24, 2.45) is 0 Å². The molecule has 1 aromatic heterocycles. The fraction of sp³-hybridized carbons (Fsp3) is 0.227. The number of hydrogen-bond acceptors (Lipinski definition) is 4. The molecule has 0 aliphatic carbocycles. The zero-order valence-corrected chi connectivity index (χ0v) is 16.5. The third-order valence-electron chi connectivity index (χ3n) is 4.33. The Morgan fingerprint density at radius 1 is 1.07 bits per heavy atom. The van der Waals surface area contributed by atoms with E-state index in [1.54, 1.807) is 17.9 Å². The van der Waals surface area contributed by atoms with Gasteiger partial charge in [-0.15, -0.1) is 0 Å². The van der Waals surface area contributed by atoms with Crippen molar-refractivity contribution in [3.8, 4) is 0 Å². The lowest BCUT2D eigenvalue weighted by atomic mass is 10.1. The number of amides is 1. The summed E-state index contributed by atoms with van der Waals surface area (Å²) in [6, 6.07) is 14.4. The van der Waals surface area contributed by atoms with Crippen LogP contribution in [0.25, 0.3) is 0 Å². The van der Waals surface area contributed by atoms with E-state index in [9.17, 15) is 13.6 Å². The van der Waals surface area contributed by atoms with Gasteiger partial charge in [0.2, 0.25) is 5.95 Å². The molecule has 0 radical (unpaired) electrons. The standard InChI is InChI=1S/C22H22F2N4O/c1-14(2)28(13-16-7-5-4-6-8-16)21(29)20-11-15(3)25-22(27-20)26-19-10-9-17(23)12-18(19)24/h4-12,14H,13H2,1-3H3,(H,25,26,27). The lowest BCUT2D eigenvalue weighted by Crippen LogP contribution is -2.37. The molecule has 3 aromatic rings. The predicted octanol–water partition coefficient (Wildman–Crippen LogP) is 4.86. The van der Waals surface area contributed by atoms with Crippen molar-refractivity contribution in [3.63, 3.8) is 0 Å². The van der Waals surface area contributed by atoms with Crippen molar-refractivity contribution in [3.05, 3.63) is 83.2 Å². The van der Waals surface area contributed by atoms with E-state index >= 15 is 0 Å². The van der Waals surface area contributed by atoms with Gasteiger partial charge < -0.3 is 10.2 Å². The molecule has 3 rings (SSSR count). The lowest BCUT2D eigenvalue weighted by Gasteiger charge is -2.26. The molecule has 1 amide bonds. The molecule has 0 saturated heterocycles. The number of benzene rings is 2. The van der Waals surface area contributed by atoms with Crippen LogP contribution in [-0.2, 0) is 6.54 Å². The normalized spacial score (nSPS) is 10.8. The third kappa shape index (κ3) is 5.13. The Bertz CT molecular complexity index is 1010. The van der Waals surface area contributed by atoms with Gasteiger partial charge in [0.25, 0.3) is 5.91 Å². The maximum Gasteiger partial charge on any atom is 0.273 e. The number of hydrogen-bond donors (Lipinski definition) is 1. The maximum absolute atomic E-state index is 13.9. The van der Waals surface area contributed by atoms with Crippen molar-refractivity contribution in [2.75, 3.05) is 5.32 Å². The Morgan fingerprint density at radius 3 is 2.45 bits per heavy atom. The van der Waals surface area contributed by atoms with E-state index in [-0.39, 0.29) is 29.3 Å². The second-order valence-corrected chi connectivity index (χ2v) is 6.98. The Kier molecular flexibility index (Phi) is 6.16. The minimum Gasteiger partial charge on any atom is -0.331 e. The van der Waals surface area contributed by atoms with Crippen LogP contribution in [0.3, 0.4) is 0 Å². The van der Waals surface area contributed by atoms with Crippen molar-refractivity contribution < 1.29 is 13.6 Å². The smallest absolute Gasteiger partial charge is 0.273 e. The van der Waals surface area contributed by atoms with Crippen molar-refractivity contribution in [1.29, 1.82) is 0 Å². The number of aromatic nitrogens is 2. The number of aryl methyl sites for hydroxylation is 1. The van der Waals surface area contributed by atoms with Crippen LogP contribution in [0.1, 0.15) is 35.6 Å². The highest BCUT2D eigenvalue weighted by Crippen LogP contribution is 2.20. The maximum atomic E-state index is 13.9. The largest absolute Gasteiger partial charge is 0.331 e. The lowest BCUT2D eigenvalue weighted by molar-refractivity contribution is 0.0684. The van der Waals surface area contributed by atoms with Crippen LogP contribution < -0.4 is 5.32 Å². The van der Waals surface area contributed by atoms with Gasteiger partial charge in [-0.05, 0) is 44.5 Å². The van der Waals surface area contributed by atoms with Gasteiger partial charge in [0, 0.05) is 24.3 Å². The predicted molar refractivity (Wildman–Crippen MR) is 108 cm³/mol. The highest BCUT2D eigenvalue weighted by Gasteiger charge is 2.21. The molecular formula is C22H22F2N4O. The summed E-state index contributed by atoms with van der Waals surface area (Å²) in [5.41, 5.74) is 1.79. The van der Waals surface area contributed by atoms with Gasteiger partial charge in [-0.1, -0.05) is 30.3 Å². The first-order chi connectivity index (χ1) is 13.8. The van der Waals surface area contributed by atoms with E-state index in [2.05, 4.69) is 15.3 Å². The molecule has 1 N–H and O–H groups in total. The first-order valence-corrected chi connectivity index (χ1v) is 9.26. The average Bonchev–Trinajstić information content (AvgIpc) is 2.68. The Hall–Kier alpha value is -3.35. The number of nitrogens with zero attached hydrogens (tertiary/aromatic N) is 3. The minimum atomic E-state index is -0.768. The second-order valence-electron chi connectivity index (χ2n) is 6.98. The van der Waals surface area contributed by atoms with Crippen LogP contribution in [-0.4, -0.2) is 26.8 Å². The summed E-state index contributed by atoms with van der Waals surface area (Å²) in [5.74, 6) is -1.63. The SMILES string of the molecule is Cc1cc(C(=O)N(Cc2ccccc2)C(C)C)nc(Nc2ccc(F)cc2F)n1. The van der Waals surface area contributed by atoms with E-state index in [1.807, 2.05) is 44.2 Å². The molecule has 7 heteroatoms. The highest BCUT2D eigenvalue weighted by atomic mass is 19.1. The molecule has 0 bridgehead atoms. The molecule has 5 nitrogen and oxygen atoms in total. The zero-order chi connectivity index (χ0) is 21.0. The van der Waals surface area contributed by atoms with Crippen molar-refractivity contribution in [2.45, 2.75) is 33.4 Å². The monoisotopic (exact) mass is 396 g/mol. The highest BCUT2D eigenvalue weighted by molar-refractivity contribution is 5.93. The first kappa shape index (κ1) is 20.4. The number of nitrogens with one attached hydrogen (secondary N) is 1. The number of carbonyl (C=O) groups excluding carboxylic acids is 1. The molecule has 0 spiro atoms. The van der Waals surface area contributed by atoms with E-state index in [4.69, 9.17) is 0 Å². The summed E-state index contributed by atoms with van der Waals surface area (Å²) in [6.45, 7) is 6.03. The number of rotatable bonds is 6. The van der Waals surface area contributed by atoms with Crippen molar-refractivity contribution in [1.82, 2.24) is 14.9 Å². The summed E-state index contributed by atoms with van der Waals surface area (Å²) in [5, 5.41) is 2.72. The van der Waals surface area contributed by atoms with Crippen LogP contribution in [0.4, 0.5) is 20.4 Å². The molecule has 1 heterocycles. The molecule has 0 aliphatic heterocycles. The Balaban J connectivity index is 1.87.